The second-order valence-corrected chi connectivity index (χ2v) is 5.56. The number of nitrogens with zero attached hydrogens (tertiary/aromatic N) is 3. The van der Waals surface area contributed by atoms with Crippen molar-refractivity contribution >= 4 is 5.91 Å². The Bertz CT molecular complexity index is 752. The van der Waals surface area contributed by atoms with Gasteiger partial charge in [0.2, 0.25) is 5.91 Å². The molecule has 1 atom stereocenters. The highest BCUT2D eigenvalue weighted by Gasteiger charge is 2.31. The van der Waals surface area contributed by atoms with Crippen LogP contribution in [-0.2, 0) is 17.8 Å². The summed E-state index contributed by atoms with van der Waals surface area (Å²) < 4.78 is 15.2. The second-order valence-electron chi connectivity index (χ2n) is 5.56. The second kappa shape index (κ2) is 5.75. The molecule has 0 aliphatic carbocycles. The molecule has 1 aliphatic rings. The van der Waals surface area contributed by atoms with Crippen LogP contribution in [0.4, 0.5) is 4.39 Å². The fraction of sp³-hybridized carbons (Fsp3) is 0.400. The van der Waals surface area contributed by atoms with Crippen LogP contribution in [0.25, 0.3) is 0 Å². The Labute approximate surface area is 126 Å². The van der Waals surface area contributed by atoms with Gasteiger partial charge in [-0.2, -0.15) is 5.10 Å². The molecule has 1 fully saturated rings. The summed E-state index contributed by atoms with van der Waals surface area (Å²) in [5.41, 5.74) is 0.231. The fourth-order valence-electron chi connectivity index (χ4n) is 2.83. The maximum Gasteiger partial charge on any atom is 0.343 e. The Morgan fingerprint density at radius 1 is 1.36 bits per heavy atom. The molecule has 0 spiro atoms. The van der Waals surface area contributed by atoms with E-state index in [1.165, 1.54) is 10.6 Å². The maximum atomic E-state index is 13.7. The highest BCUT2D eigenvalue weighted by atomic mass is 19.1. The summed E-state index contributed by atoms with van der Waals surface area (Å²) in [5, 5.41) is 6.48. The summed E-state index contributed by atoms with van der Waals surface area (Å²) in [5.74, 6) is 0.230. The summed E-state index contributed by atoms with van der Waals surface area (Å²) in [6.45, 7) is 0.878. The average Bonchev–Trinajstić information content (AvgIpc) is 3.02. The molecule has 0 saturated carbocycles. The Kier molecular flexibility index (Phi) is 3.79. The number of likely N-dealkylation sites (tertiary alicyclic amines) is 1. The van der Waals surface area contributed by atoms with Crippen molar-refractivity contribution in [1.29, 1.82) is 0 Å². The first-order valence-corrected chi connectivity index (χ1v) is 7.18. The number of likely N-dealkylation sites (N-methyl/N-ethyl adjacent to an activating group) is 1. The monoisotopic (exact) mass is 304 g/mol. The number of H-pyrrole nitrogens is 1. The molecular weight excluding hydrogens is 287 g/mol. The van der Waals surface area contributed by atoms with Crippen molar-refractivity contribution in [2.75, 3.05) is 13.6 Å². The first-order chi connectivity index (χ1) is 10.6. The van der Waals surface area contributed by atoms with Gasteiger partial charge in [-0.25, -0.2) is 14.3 Å². The van der Waals surface area contributed by atoms with Crippen molar-refractivity contribution < 1.29 is 9.18 Å². The van der Waals surface area contributed by atoms with Gasteiger partial charge < -0.3 is 4.90 Å². The molecule has 1 aliphatic heterocycles. The van der Waals surface area contributed by atoms with Gasteiger partial charge in [0.05, 0.1) is 0 Å². The zero-order valence-electron chi connectivity index (χ0n) is 12.3. The van der Waals surface area contributed by atoms with E-state index in [0.29, 0.717) is 37.3 Å². The number of hydrogen-bond acceptors (Lipinski definition) is 3. The largest absolute Gasteiger partial charge is 0.345 e. The molecule has 7 heteroatoms. The third-order valence-corrected chi connectivity index (χ3v) is 4.06. The molecule has 0 radical (unpaired) electrons. The minimum absolute atomic E-state index is 0.0427. The number of hydrogen-bond donors (Lipinski definition) is 1. The van der Waals surface area contributed by atoms with Gasteiger partial charge in [-0.15, -0.1) is 0 Å². The minimum Gasteiger partial charge on any atom is -0.345 e. The zero-order chi connectivity index (χ0) is 15.7. The first kappa shape index (κ1) is 14.5. The van der Waals surface area contributed by atoms with E-state index < -0.39 is 0 Å². The van der Waals surface area contributed by atoms with E-state index in [1.54, 1.807) is 30.1 Å². The van der Waals surface area contributed by atoms with Crippen LogP contribution in [0.5, 0.6) is 0 Å². The molecule has 1 aromatic heterocycles. The van der Waals surface area contributed by atoms with Crippen LogP contribution in [0.2, 0.25) is 0 Å². The van der Waals surface area contributed by atoms with E-state index >= 15 is 0 Å². The predicted octanol–water partition coefficient (Wildman–Crippen LogP) is 0.899. The summed E-state index contributed by atoms with van der Waals surface area (Å²) in [6, 6.07) is 6.50. The lowest BCUT2D eigenvalue weighted by atomic mass is 10.1. The standard InChI is InChI=1S/C15H17FN4O2/c1-19-9-11(8-13(19)21)14-17-18-15(22)20(14)7-6-10-4-2-3-5-12(10)16/h2-5,11H,6-9H2,1H3,(H,18,22). The lowest BCUT2D eigenvalue weighted by Gasteiger charge is -2.11. The van der Waals surface area contributed by atoms with E-state index in [0.717, 1.165) is 0 Å². The van der Waals surface area contributed by atoms with E-state index in [1.807, 2.05) is 0 Å². The number of aryl methyl sites for hydroxylation is 1. The fourth-order valence-corrected chi connectivity index (χ4v) is 2.83. The Balaban J connectivity index is 1.80. The van der Waals surface area contributed by atoms with E-state index in [2.05, 4.69) is 10.2 Å². The summed E-state index contributed by atoms with van der Waals surface area (Å²) in [6.07, 6.45) is 0.746. The van der Waals surface area contributed by atoms with Gasteiger partial charge in [0, 0.05) is 32.5 Å². The average molecular weight is 304 g/mol. The zero-order valence-corrected chi connectivity index (χ0v) is 12.3. The smallest absolute Gasteiger partial charge is 0.343 e. The SMILES string of the molecule is CN1CC(c2n[nH]c(=O)n2CCc2ccccc2F)CC1=O. The van der Waals surface area contributed by atoms with E-state index in [-0.39, 0.29) is 23.3 Å². The van der Waals surface area contributed by atoms with Gasteiger partial charge in [0.15, 0.2) is 0 Å². The summed E-state index contributed by atoms with van der Waals surface area (Å²) in [7, 11) is 1.73. The lowest BCUT2D eigenvalue weighted by Crippen LogP contribution is -2.23. The normalized spacial score (nSPS) is 18.2. The number of carbonyl (C=O) groups is 1. The van der Waals surface area contributed by atoms with Crippen LogP contribution in [0.15, 0.2) is 29.1 Å². The van der Waals surface area contributed by atoms with Crippen molar-refractivity contribution in [2.24, 2.45) is 0 Å². The third kappa shape index (κ3) is 2.66. The highest BCUT2D eigenvalue weighted by Crippen LogP contribution is 2.25. The van der Waals surface area contributed by atoms with Crippen LogP contribution < -0.4 is 5.69 Å². The topological polar surface area (TPSA) is 71.0 Å². The van der Waals surface area contributed by atoms with Crippen molar-refractivity contribution in [3.63, 3.8) is 0 Å². The Morgan fingerprint density at radius 2 is 2.14 bits per heavy atom. The van der Waals surface area contributed by atoms with Crippen LogP contribution >= 0.6 is 0 Å². The quantitative estimate of drug-likeness (QED) is 0.912. The molecular formula is C15H17FN4O2. The van der Waals surface area contributed by atoms with E-state index in [4.69, 9.17) is 0 Å². The Hall–Kier alpha value is -2.44. The van der Waals surface area contributed by atoms with Crippen LogP contribution in [-0.4, -0.2) is 39.2 Å². The van der Waals surface area contributed by atoms with Gasteiger partial charge in [0.1, 0.15) is 11.6 Å². The van der Waals surface area contributed by atoms with Gasteiger partial charge >= 0.3 is 5.69 Å². The van der Waals surface area contributed by atoms with Gasteiger partial charge in [0.25, 0.3) is 0 Å². The molecule has 22 heavy (non-hydrogen) atoms. The number of benzene rings is 1. The molecule has 1 aromatic carbocycles. The van der Waals surface area contributed by atoms with Gasteiger partial charge in [-0.3, -0.25) is 9.36 Å². The van der Waals surface area contributed by atoms with Gasteiger partial charge in [-0.05, 0) is 18.1 Å². The number of aromatic amines is 1. The molecule has 1 N–H and O–H groups in total. The molecule has 2 heterocycles. The number of halogens is 1. The molecule has 2 aromatic rings. The number of rotatable bonds is 4. The third-order valence-electron chi connectivity index (χ3n) is 4.06. The first-order valence-electron chi connectivity index (χ1n) is 7.18. The van der Waals surface area contributed by atoms with Crippen molar-refractivity contribution in [3.8, 4) is 0 Å². The Morgan fingerprint density at radius 3 is 2.82 bits per heavy atom. The molecule has 1 amide bonds. The van der Waals surface area contributed by atoms with Crippen LogP contribution in [0.3, 0.4) is 0 Å². The maximum absolute atomic E-state index is 13.7. The van der Waals surface area contributed by atoms with E-state index in [9.17, 15) is 14.0 Å². The lowest BCUT2D eigenvalue weighted by molar-refractivity contribution is -0.126. The molecule has 116 valence electrons. The van der Waals surface area contributed by atoms with Crippen molar-refractivity contribution in [1.82, 2.24) is 19.7 Å². The number of amides is 1. The number of carbonyl (C=O) groups excluding carboxylic acids is 1. The van der Waals surface area contributed by atoms with Crippen molar-refractivity contribution in [2.45, 2.75) is 25.3 Å². The minimum atomic E-state index is -0.326. The highest BCUT2D eigenvalue weighted by molar-refractivity contribution is 5.79. The molecule has 1 saturated heterocycles. The number of nitrogens with one attached hydrogen (secondary N) is 1. The predicted molar refractivity (Wildman–Crippen MR) is 77.9 cm³/mol. The van der Waals surface area contributed by atoms with Crippen molar-refractivity contribution in [3.05, 3.63) is 52.0 Å². The summed E-state index contributed by atoms with van der Waals surface area (Å²) >= 11 is 0. The van der Waals surface area contributed by atoms with Crippen LogP contribution in [0.1, 0.15) is 23.7 Å². The number of aromatic nitrogens is 3. The molecule has 1 unspecified atom stereocenters. The van der Waals surface area contributed by atoms with Gasteiger partial charge in [-0.1, -0.05) is 18.2 Å². The molecule has 0 bridgehead atoms. The molecule has 6 nitrogen and oxygen atoms in total. The summed E-state index contributed by atoms with van der Waals surface area (Å²) in [4.78, 5) is 25.2. The molecule has 3 rings (SSSR count). The van der Waals surface area contributed by atoms with Crippen LogP contribution in [0, 0.1) is 5.82 Å².